The van der Waals surface area contributed by atoms with Crippen molar-refractivity contribution in [3.05, 3.63) is 17.5 Å². The lowest BCUT2D eigenvalue weighted by Gasteiger charge is -2.22. The molecule has 18 heavy (non-hydrogen) atoms. The number of hydrogen-bond donors (Lipinski definition) is 1. The van der Waals surface area contributed by atoms with Gasteiger partial charge in [0.2, 0.25) is 0 Å². The molecule has 6 heteroatoms. The van der Waals surface area contributed by atoms with Gasteiger partial charge in [-0.15, -0.1) is 0 Å². The van der Waals surface area contributed by atoms with Gasteiger partial charge in [-0.05, 0) is 18.8 Å². The van der Waals surface area contributed by atoms with Crippen LogP contribution in [0.4, 0.5) is 5.69 Å². The highest BCUT2D eigenvalue weighted by molar-refractivity contribution is 5.50. The Balaban J connectivity index is 2.59. The van der Waals surface area contributed by atoms with E-state index in [9.17, 15) is 5.21 Å². The van der Waals surface area contributed by atoms with E-state index in [0.29, 0.717) is 24.2 Å². The summed E-state index contributed by atoms with van der Waals surface area (Å²) in [5.74, 6) is 1.29. The minimum Gasteiger partial charge on any atom is -0.733 e. The molecule has 1 N–H and O–H groups in total. The van der Waals surface area contributed by atoms with Crippen LogP contribution in [0.3, 0.4) is 0 Å². The Morgan fingerprint density at radius 3 is 2.78 bits per heavy atom. The molecular weight excluding hydrogens is 236 g/mol. The quantitative estimate of drug-likeness (QED) is 0.596. The van der Waals surface area contributed by atoms with Crippen molar-refractivity contribution in [3.63, 3.8) is 0 Å². The first kappa shape index (κ1) is 14.5. The zero-order chi connectivity index (χ0) is 13.5. The predicted octanol–water partition coefficient (Wildman–Crippen LogP) is 2.60. The lowest BCUT2D eigenvalue weighted by Crippen LogP contribution is -2.09. The summed E-state index contributed by atoms with van der Waals surface area (Å²) >= 11 is 0. The van der Waals surface area contributed by atoms with Crippen LogP contribution >= 0.6 is 0 Å². The van der Waals surface area contributed by atoms with Gasteiger partial charge in [0.1, 0.15) is 0 Å². The van der Waals surface area contributed by atoms with Gasteiger partial charge in [0, 0.05) is 6.07 Å². The molecule has 1 heterocycles. The zero-order valence-corrected chi connectivity index (χ0v) is 10.9. The number of rotatable bonds is 7. The Kier molecular flexibility index (Phi) is 5.67. The maximum Gasteiger partial charge on any atom is 0.257 e. The molecule has 0 saturated heterocycles. The second-order valence-electron chi connectivity index (χ2n) is 4.36. The average Bonchev–Trinajstić information content (AvgIpc) is 2.34. The van der Waals surface area contributed by atoms with Gasteiger partial charge in [0.15, 0.2) is 5.75 Å². The molecule has 102 valence electrons. The van der Waals surface area contributed by atoms with Crippen LogP contribution in [0.15, 0.2) is 12.3 Å². The highest BCUT2D eigenvalue weighted by Gasteiger charge is 2.08. The summed E-state index contributed by atoms with van der Waals surface area (Å²) < 4.78 is 10.5. The molecule has 0 fully saturated rings. The molecule has 0 bridgehead atoms. The highest BCUT2D eigenvalue weighted by atomic mass is 16.8. The fraction of sp³-hybridized carbons (Fsp3) is 0.583. The Bertz CT molecular complexity index is 369. The van der Waals surface area contributed by atoms with Gasteiger partial charge < -0.3 is 19.9 Å². The molecule has 0 amide bonds. The maximum atomic E-state index is 10.7. The third-order valence-corrected chi connectivity index (χ3v) is 2.41. The van der Waals surface area contributed by atoms with Crippen LogP contribution in [0.1, 0.15) is 26.7 Å². The second-order valence-corrected chi connectivity index (χ2v) is 4.36. The van der Waals surface area contributed by atoms with E-state index in [-0.39, 0.29) is 10.9 Å². The zero-order valence-electron chi connectivity index (χ0n) is 10.9. The summed E-state index contributed by atoms with van der Waals surface area (Å²) in [5, 5.41) is 19.2. The van der Waals surface area contributed by atoms with Crippen molar-refractivity contribution in [2.75, 3.05) is 18.9 Å². The molecule has 0 aromatic carbocycles. The van der Waals surface area contributed by atoms with Crippen LogP contribution < -0.4 is 14.7 Å². The molecule has 0 aliphatic heterocycles. The van der Waals surface area contributed by atoms with Crippen LogP contribution in [0, 0.1) is 11.1 Å². The number of anilines is 1. The monoisotopic (exact) mass is 255 g/mol. The van der Waals surface area contributed by atoms with Gasteiger partial charge in [0.05, 0.1) is 25.6 Å². The van der Waals surface area contributed by atoms with Gasteiger partial charge in [-0.3, -0.25) is 5.21 Å². The number of hydrogen-bond acceptors (Lipinski definition) is 6. The minimum absolute atomic E-state index is 0.00128. The Hall–Kier alpha value is -1.53. The maximum absolute atomic E-state index is 10.7. The van der Waals surface area contributed by atoms with Crippen molar-refractivity contribution < 1.29 is 14.7 Å². The predicted molar refractivity (Wildman–Crippen MR) is 68.0 cm³/mol. The van der Waals surface area contributed by atoms with Gasteiger partial charge in [-0.25, -0.2) is 4.98 Å². The highest BCUT2D eigenvalue weighted by Crippen LogP contribution is 2.28. The molecule has 0 saturated carbocycles. The second kappa shape index (κ2) is 7.03. The van der Waals surface area contributed by atoms with Crippen molar-refractivity contribution in [3.8, 4) is 11.6 Å². The van der Waals surface area contributed by atoms with Crippen LogP contribution in [-0.4, -0.2) is 23.9 Å². The van der Waals surface area contributed by atoms with E-state index in [1.165, 1.54) is 19.4 Å². The molecule has 0 radical (unpaired) electrons. The average molecular weight is 255 g/mol. The Morgan fingerprint density at radius 2 is 2.22 bits per heavy atom. The Labute approximate surface area is 107 Å². The summed E-state index contributed by atoms with van der Waals surface area (Å²) in [6, 6.07) is 1.37. The van der Waals surface area contributed by atoms with E-state index < -0.39 is 0 Å². The minimum atomic E-state index is -0.266. The fourth-order valence-corrected chi connectivity index (χ4v) is 1.44. The third-order valence-electron chi connectivity index (χ3n) is 2.41. The van der Waals surface area contributed by atoms with Gasteiger partial charge in [-0.1, -0.05) is 13.8 Å². The summed E-state index contributed by atoms with van der Waals surface area (Å²) in [5.41, 5.74) is 0.00128. The Morgan fingerprint density at radius 1 is 1.50 bits per heavy atom. The van der Waals surface area contributed by atoms with E-state index in [1.807, 2.05) is 0 Å². The van der Waals surface area contributed by atoms with E-state index in [4.69, 9.17) is 14.7 Å². The van der Waals surface area contributed by atoms with Gasteiger partial charge in [-0.2, -0.15) is 0 Å². The summed E-state index contributed by atoms with van der Waals surface area (Å²) in [7, 11) is 1.45. The normalized spacial score (nSPS) is 10.6. The van der Waals surface area contributed by atoms with Gasteiger partial charge >= 0.3 is 0 Å². The van der Waals surface area contributed by atoms with Crippen LogP contribution in [0.2, 0.25) is 0 Å². The lowest BCUT2D eigenvalue weighted by atomic mass is 10.1. The number of nitrogens with zero attached hydrogens (tertiary/aromatic N) is 2. The summed E-state index contributed by atoms with van der Waals surface area (Å²) in [4.78, 5) is 3.94. The van der Waals surface area contributed by atoms with Crippen molar-refractivity contribution >= 4 is 5.69 Å². The fourth-order valence-electron chi connectivity index (χ4n) is 1.44. The molecule has 1 aromatic heterocycles. The van der Waals surface area contributed by atoms with Crippen LogP contribution in [0.25, 0.3) is 0 Å². The van der Waals surface area contributed by atoms with Crippen LogP contribution in [-0.2, 0) is 0 Å². The standard InChI is InChI=1S/C12H19N2O4/c1-9(2)5-4-6-18-12-11(17-3)7-10(8-13-12)14(15)16/h7-9,15H,4-6H2,1-3H3/q-1. The molecule has 0 spiro atoms. The molecule has 1 rings (SSSR count). The van der Waals surface area contributed by atoms with E-state index in [0.717, 1.165) is 12.8 Å². The summed E-state index contributed by atoms with van der Waals surface area (Å²) in [6.07, 6.45) is 3.23. The molecular formula is C12H19N2O4-. The van der Waals surface area contributed by atoms with E-state index in [1.54, 1.807) is 0 Å². The molecule has 0 atom stereocenters. The number of ether oxygens (including phenoxy) is 2. The molecule has 0 aliphatic carbocycles. The first-order chi connectivity index (χ1) is 8.54. The van der Waals surface area contributed by atoms with E-state index >= 15 is 0 Å². The topological polar surface area (TPSA) is 77.9 Å². The lowest BCUT2D eigenvalue weighted by molar-refractivity contribution is 0.267. The largest absolute Gasteiger partial charge is 0.733 e. The van der Waals surface area contributed by atoms with Crippen molar-refractivity contribution in [2.24, 2.45) is 5.92 Å². The number of pyridine rings is 1. The van der Waals surface area contributed by atoms with E-state index in [2.05, 4.69) is 18.8 Å². The molecule has 0 unspecified atom stereocenters. The smallest absolute Gasteiger partial charge is 0.257 e. The number of aromatic nitrogens is 1. The first-order valence-electron chi connectivity index (χ1n) is 5.87. The summed E-state index contributed by atoms with van der Waals surface area (Å²) in [6.45, 7) is 4.84. The van der Waals surface area contributed by atoms with Crippen molar-refractivity contribution in [1.82, 2.24) is 4.98 Å². The van der Waals surface area contributed by atoms with Crippen LogP contribution in [0.5, 0.6) is 11.6 Å². The van der Waals surface area contributed by atoms with Crippen molar-refractivity contribution in [1.29, 1.82) is 0 Å². The molecule has 1 aromatic rings. The van der Waals surface area contributed by atoms with Crippen molar-refractivity contribution in [2.45, 2.75) is 26.7 Å². The van der Waals surface area contributed by atoms with Gasteiger partial charge in [0.25, 0.3) is 5.88 Å². The molecule has 0 aliphatic rings. The SMILES string of the molecule is COc1cc(N([O-])O)cnc1OCCCC(C)C. The number of methoxy groups -OCH3 is 1. The first-order valence-corrected chi connectivity index (χ1v) is 5.87. The molecule has 6 nitrogen and oxygen atoms in total. The third kappa shape index (κ3) is 4.38.